The lowest BCUT2D eigenvalue weighted by atomic mass is 9.85. The molecule has 2 atom stereocenters. The molecular weight excluding hydrogens is 252 g/mol. The highest BCUT2D eigenvalue weighted by Crippen LogP contribution is 2.31. The van der Waals surface area contributed by atoms with Crippen molar-refractivity contribution in [1.29, 1.82) is 0 Å². The van der Waals surface area contributed by atoms with Crippen molar-refractivity contribution in [2.24, 2.45) is 5.92 Å². The predicted octanol–water partition coefficient (Wildman–Crippen LogP) is 1.17. The fraction of sp³-hybridized carbons (Fsp3) is 0.733. The van der Waals surface area contributed by atoms with E-state index in [1.807, 2.05) is 6.20 Å². The average Bonchev–Trinajstić information content (AvgIpc) is 2.86. The van der Waals surface area contributed by atoms with Crippen molar-refractivity contribution < 1.29 is 4.74 Å². The van der Waals surface area contributed by atoms with Crippen LogP contribution in [0.1, 0.15) is 19.3 Å². The highest BCUT2D eigenvalue weighted by molar-refractivity contribution is 5.38. The molecule has 1 aromatic rings. The van der Waals surface area contributed by atoms with E-state index in [0.29, 0.717) is 12.1 Å². The third-order valence-corrected chi connectivity index (χ3v) is 4.96. The van der Waals surface area contributed by atoms with E-state index in [1.54, 1.807) is 12.4 Å². The van der Waals surface area contributed by atoms with Gasteiger partial charge in [0, 0.05) is 38.6 Å². The summed E-state index contributed by atoms with van der Waals surface area (Å²) in [7, 11) is 0. The van der Waals surface area contributed by atoms with Gasteiger partial charge in [-0.05, 0) is 18.8 Å². The van der Waals surface area contributed by atoms with Crippen molar-refractivity contribution in [3.63, 3.8) is 0 Å². The van der Waals surface area contributed by atoms with Crippen LogP contribution in [0.2, 0.25) is 0 Å². The van der Waals surface area contributed by atoms with Gasteiger partial charge in [-0.1, -0.05) is 6.42 Å². The third kappa shape index (κ3) is 2.29. The number of morpholine rings is 1. The van der Waals surface area contributed by atoms with E-state index in [-0.39, 0.29) is 0 Å². The second-order valence-corrected chi connectivity index (χ2v) is 6.25. The molecule has 20 heavy (non-hydrogen) atoms. The Morgan fingerprint density at radius 2 is 2.20 bits per heavy atom. The second kappa shape index (κ2) is 5.30. The van der Waals surface area contributed by atoms with Crippen molar-refractivity contribution >= 4 is 5.82 Å². The molecule has 3 fully saturated rings. The molecule has 0 unspecified atom stereocenters. The molecule has 0 amide bonds. The van der Waals surface area contributed by atoms with Crippen LogP contribution in [0.25, 0.3) is 0 Å². The van der Waals surface area contributed by atoms with Crippen LogP contribution in [0.5, 0.6) is 0 Å². The molecule has 1 aromatic heterocycles. The third-order valence-electron chi connectivity index (χ3n) is 4.96. The number of likely N-dealkylation sites (tertiary alicyclic amines) is 1. The molecule has 5 heteroatoms. The topological polar surface area (TPSA) is 41.5 Å². The van der Waals surface area contributed by atoms with Gasteiger partial charge >= 0.3 is 0 Å². The van der Waals surface area contributed by atoms with Crippen LogP contribution in [0, 0.1) is 5.92 Å². The van der Waals surface area contributed by atoms with Crippen LogP contribution in [0.3, 0.4) is 0 Å². The minimum absolute atomic E-state index is 0.339. The molecule has 1 aliphatic carbocycles. The smallest absolute Gasteiger partial charge is 0.147 e. The lowest BCUT2D eigenvalue weighted by molar-refractivity contribution is 0.0294. The minimum atomic E-state index is 0.339. The summed E-state index contributed by atoms with van der Waals surface area (Å²) in [5.41, 5.74) is 0. The van der Waals surface area contributed by atoms with Crippen molar-refractivity contribution in [3.8, 4) is 0 Å². The fourth-order valence-corrected chi connectivity index (χ4v) is 3.68. The highest BCUT2D eigenvalue weighted by Gasteiger charge is 2.41. The minimum Gasteiger partial charge on any atom is -0.373 e. The van der Waals surface area contributed by atoms with Crippen LogP contribution in [-0.4, -0.2) is 59.8 Å². The largest absolute Gasteiger partial charge is 0.373 e. The number of hydrogen-bond acceptors (Lipinski definition) is 5. The van der Waals surface area contributed by atoms with Crippen LogP contribution >= 0.6 is 0 Å². The number of anilines is 1. The maximum atomic E-state index is 5.99. The number of fused-ring (bicyclic) bond motifs is 1. The van der Waals surface area contributed by atoms with E-state index in [0.717, 1.165) is 38.0 Å². The summed E-state index contributed by atoms with van der Waals surface area (Å²) in [6, 6.07) is 0.445. The van der Waals surface area contributed by atoms with Crippen LogP contribution < -0.4 is 4.90 Å². The molecule has 2 saturated heterocycles. The number of hydrogen-bond donors (Lipinski definition) is 0. The van der Waals surface area contributed by atoms with Crippen molar-refractivity contribution in [2.75, 3.05) is 37.7 Å². The summed E-state index contributed by atoms with van der Waals surface area (Å²) in [5, 5.41) is 0. The molecule has 3 heterocycles. The Morgan fingerprint density at radius 3 is 2.95 bits per heavy atom. The first-order chi connectivity index (χ1) is 9.90. The lowest BCUT2D eigenvalue weighted by Gasteiger charge is -2.37. The van der Waals surface area contributed by atoms with Gasteiger partial charge in [0.25, 0.3) is 0 Å². The Hall–Kier alpha value is -1.20. The fourth-order valence-electron chi connectivity index (χ4n) is 3.68. The molecule has 0 spiro atoms. The van der Waals surface area contributed by atoms with Gasteiger partial charge in [0.2, 0.25) is 0 Å². The molecule has 5 nitrogen and oxygen atoms in total. The zero-order valence-electron chi connectivity index (χ0n) is 11.8. The van der Waals surface area contributed by atoms with Gasteiger partial charge in [-0.25, -0.2) is 4.98 Å². The summed E-state index contributed by atoms with van der Waals surface area (Å²) in [5.74, 6) is 1.93. The predicted molar refractivity (Wildman–Crippen MR) is 76.7 cm³/mol. The van der Waals surface area contributed by atoms with Gasteiger partial charge in [-0.15, -0.1) is 0 Å². The molecular formula is C15H22N4O. The van der Waals surface area contributed by atoms with E-state index in [1.165, 1.54) is 25.8 Å². The van der Waals surface area contributed by atoms with Crippen molar-refractivity contribution in [3.05, 3.63) is 18.6 Å². The maximum absolute atomic E-state index is 5.99. The Balaban J connectivity index is 1.46. The maximum Gasteiger partial charge on any atom is 0.147 e. The molecule has 1 saturated carbocycles. The van der Waals surface area contributed by atoms with E-state index in [2.05, 4.69) is 19.8 Å². The summed E-state index contributed by atoms with van der Waals surface area (Å²) < 4.78 is 5.99. The van der Waals surface area contributed by atoms with E-state index >= 15 is 0 Å². The Bertz CT molecular complexity index is 450. The molecule has 0 bridgehead atoms. The molecule has 3 aliphatic rings. The Labute approximate surface area is 120 Å². The van der Waals surface area contributed by atoms with E-state index in [9.17, 15) is 0 Å². The number of nitrogens with zero attached hydrogens (tertiary/aromatic N) is 4. The SMILES string of the molecule is c1cnc(N2CCO[C@H]3CN(CC4CCC4)C[C@H]32)cn1. The standard InChI is InChI=1S/C15H22N4O/c1-2-12(3-1)9-18-10-13-14(11-18)20-7-6-19(13)15-8-16-4-5-17-15/h4-5,8,12-14H,1-3,6-7,9-11H2/t13-,14+/m1/s1. The molecule has 0 N–H and O–H groups in total. The quantitative estimate of drug-likeness (QED) is 0.827. The first-order valence-corrected chi connectivity index (χ1v) is 7.77. The van der Waals surface area contributed by atoms with Crippen LogP contribution in [0.15, 0.2) is 18.6 Å². The van der Waals surface area contributed by atoms with Gasteiger partial charge in [0.05, 0.1) is 24.9 Å². The monoisotopic (exact) mass is 274 g/mol. The normalized spacial score (nSPS) is 31.1. The Kier molecular flexibility index (Phi) is 3.32. The molecule has 0 aromatic carbocycles. The first kappa shape index (κ1) is 12.5. The number of ether oxygens (including phenoxy) is 1. The summed E-state index contributed by atoms with van der Waals surface area (Å²) in [6.07, 6.45) is 9.98. The number of rotatable bonds is 3. The summed E-state index contributed by atoms with van der Waals surface area (Å²) >= 11 is 0. The van der Waals surface area contributed by atoms with Crippen LogP contribution in [-0.2, 0) is 4.74 Å². The molecule has 2 aliphatic heterocycles. The van der Waals surface area contributed by atoms with Crippen molar-refractivity contribution in [1.82, 2.24) is 14.9 Å². The zero-order valence-corrected chi connectivity index (χ0v) is 11.8. The summed E-state index contributed by atoms with van der Waals surface area (Å²) in [6.45, 7) is 5.17. The number of aromatic nitrogens is 2. The first-order valence-electron chi connectivity index (χ1n) is 7.77. The van der Waals surface area contributed by atoms with E-state index in [4.69, 9.17) is 4.74 Å². The lowest BCUT2D eigenvalue weighted by Crippen LogP contribution is -2.51. The van der Waals surface area contributed by atoms with Gasteiger partial charge in [0.1, 0.15) is 5.82 Å². The zero-order chi connectivity index (χ0) is 13.4. The molecule has 108 valence electrons. The van der Waals surface area contributed by atoms with Gasteiger partial charge in [-0.3, -0.25) is 9.88 Å². The van der Waals surface area contributed by atoms with Gasteiger partial charge in [0.15, 0.2) is 0 Å². The highest BCUT2D eigenvalue weighted by atomic mass is 16.5. The molecule has 4 rings (SSSR count). The van der Waals surface area contributed by atoms with Crippen molar-refractivity contribution in [2.45, 2.75) is 31.4 Å². The van der Waals surface area contributed by atoms with E-state index < -0.39 is 0 Å². The van der Waals surface area contributed by atoms with Crippen LogP contribution in [0.4, 0.5) is 5.82 Å². The Morgan fingerprint density at radius 1 is 1.25 bits per heavy atom. The van der Waals surface area contributed by atoms with Gasteiger partial charge < -0.3 is 9.64 Å². The molecule has 0 radical (unpaired) electrons. The second-order valence-electron chi connectivity index (χ2n) is 6.25. The van der Waals surface area contributed by atoms with Gasteiger partial charge in [-0.2, -0.15) is 0 Å². The average molecular weight is 274 g/mol. The summed E-state index contributed by atoms with van der Waals surface area (Å²) in [4.78, 5) is 13.7.